The zero-order chi connectivity index (χ0) is 27.6. The van der Waals surface area contributed by atoms with Gasteiger partial charge in [0.2, 0.25) is 0 Å². The molecule has 1 atom stereocenters. The van der Waals surface area contributed by atoms with E-state index in [1.54, 1.807) is 65.5 Å². The van der Waals surface area contributed by atoms with Gasteiger partial charge in [-0.2, -0.15) is 0 Å². The van der Waals surface area contributed by atoms with Crippen molar-refractivity contribution in [2.24, 2.45) is 4.99 Å². The number of fused-ring (bicyclic) bond motifs is 1. The number of ether oxygens (including phenoxy) is 5. The maximum Gasteiger partial charge on any atom is 0.338 e. The molecule has 11 heteroatoms. The minimum absolute atomic E-state index is 0.191. The zero-order valence-corrected chi connectivity index (χ0v) is 24.8. The molecular formula is C27H27IN2O7S. The fourth-order valence-corrected chi connectivity index (χ4v) is 6.19. The van der Waals surface area contributed by atoms with Gasteiger partial charge < -0.3 is 23.7 Å². The van der Waals surface area contributed by atoms with Crippen LogP contribution in [0.1, 0.15) is 31.0 Å². The Kier molecular flexibility index (Phi) is 8.46. The minimum atomic E-state index is -0.766. The molecule has 0 bridgehead atoms. The molecule has 0 aliphatic carbocycles. The number of methoxy groups -OCH3 is 4. The molecule has 0 radical (unpaired) electrons. The first-order valence-corrected chi connectivity index (χ1v) is 13.5. The smallest absolute Gasteiger partial charge is 0.338 e. The van der Waals surface area contributed by atoms with Crippen LogP contribution in [0.15, 0.2) is 51.4 Å². The summed E-state index contributed by atoms with van der Waals surface area (Å²) < 4.78 is 30.0. The zero-order valence-electron chi connectivity index (χ0n) is 21.8. The number of thiazole rings is 1. The van der Waals surface area contributed by atoms with E-state index in [0.29, 0.717) is 49.2 Å². The van der Waals surface area contributed by atoms with Crippen LogP contribution in [0.2, 0.25) is 0 Å². The Labute approximate surface area is 237 Å². The Bertz CT molecular complexity index is 1610. The lowest BCUT2D eigenvalue weighted by Gasteiger charge is -2.25. The van der Waals surface area contributed by atoms with Crippen molar-refractivity contribution in [1.29, 1.82) is 0 Å². The van der Waals surface area contributed by atoms with Crippen molar-refractivity contribution in [2.75, 3.05) is 35.0 Å². The molecule has 2 heterocycles. The van der Waals surface area contributed by atoms with Gasteiger partial charge in [-0.25, -0.2) is 9.79 Å². The van der Waals surface area contributed by atoms with E-state index in [1.165, 1.54) is 23.0 Å². The molecule has 1 aliphatic heterocycles. The van der Waals surface area contributed by atoms with E-state index in [-0.39, 0.29) is 12.2 Å². The summed E-state index contributed by atoms with van der Waals surface area (Å²) in [6.45, 7) is 3.67. The predicted molar refractivity (Wildman–Crippen MR) is 152 cm³/mol. The van der Waals surface area contributed by atoms with Crippen LogP contribution >= 0.6 is 33.9 Å². The van der Waals surface area contributed by atoms with Gasteiger partial charge in [0, 0.05) is 0 Å². The van der Waals surface area contributed by atoms with Crippen molar-refractivity contribution in [3.8, 4) is 23.0 Å². The van der Waals surface area contributed by atoms with Crippen LogP contribution < -0.4 is 33.8 Å². The Morgan fingerprint density at radius 3 is 2.39 bits per heavy atom. The summed E-state index contributed by atoms with van der Waals surface area (Å²) in [5.41, 5.74) is 1.91. The maximum absolute atomic E-state index is 13.9. The number of carbonyl (C=O) groups is 1. The largest absolute Gasteiger partial charge is 0.493 e. The van der Waals surface area contributed by atoms with Crippen molar-refractivity contribution in [1.82, 2.24) is 4.57 Å². The summed E-state index contributed by atoms with van der Waals surface area (Å²) in [5.74, 6) is 1.66. The number of rotatable bonds is 8. The van der Waals surface area contributed by atoms with E-state index in [0.717, 1.165) is 9.13 Å². The lowest BCUT2D eigenvalue weighted by molar-refractivity contribution is -0.139. The molecule has 0 amide bonds. The number of carbonyl (C=O) groups excluding carboxylic acids is 1. The van der Waals surface area contributed by atoms with E-state index in [4.69, 9.17) is 23.7 Å². The van der Waals surface area contributed by atoms with E-state index < -0.39 is 12.0 Å². The number of nitrogens with zero attached hydrogens (tertiary/aromatic N) is 2. The van der Waals surface area contributed by atoms with Gasteiger partial charge in [-0.15, -0.1) is 0 Å². The summed E-state index contributed by atoms with van der Waals surface area (Å²) in [5, 5.41) is 0. The molecule has 200 valence electrons. The third-order valence-electron chi connectivity index (χ3n) is 5.99. The number of aromatic nitrogens is 1. The molecule has 0 spiro atoms. The van der Waals surface area contributed by atoms with Crippen LogP contribution in [-0.4, -0.2) is 45.6 Å². The fourth-order valence-electron chi connectivity index (χ4n) is 4.30. The second-order valence-electron chi connectivity index (χ2n) is 8.15. The number of esters is 1. The summed E-state index contributed by atoms with van der Waals surface area (Å²) in [7, 11) is 6.22. The normalized spacial score (nSPS) is 15.0. The average molecular weight is 650 g/mol. The van der Waals surface area contributed by atoms with Crippen LogP contribution in [0.5, 0.6) is 23.0 Å². The van der Waals surface area contributed by atoms with Crippen LogP contribution in [0.25, 0.3) is 6.08 Å². The molecule has 9 nitrogen and oxygen atoms in total. The van der Waals surface area contributed by atoms with E-state index >= 15 is 0 Å². The summed E-state index contributed by atoms with van der Waals surface area (Å²) in [4.78, 5) is 32.1. The van der Waals surface area contributed by atoms with Crippen molar-refractivity contribution < 1.29 is 28.5 Å². The molecule has 0 fully saturated rings. The van der Waals surface area contributed by atoms with Crippen LogP contribution in [0.4, 0.5) is 0 Å². The fraction of sp³-hybridized carbons (Fsp3) is 0.296. The van der Waals surface area contributed by atoms with Gasteiger partial charge >= 0.3 is 5.97 Å². The van der Waals surface area contributed by atoms with Gasteiger partial charge in [0.1, 0.15) is 0 Å². The first-order chi connectivity index (χ1) is 18.3. The molecule has 38 heavy (non-hydrogen) atoms. The van der Waals surface area contributed by atoms with E-state index in [1.807, 2.05) is 6.07 Å². The number of hydrogen-bond acceptors (Lipinski definition) is 9. The quantitative estimate of drug-likeness (QED) is 0.272. The third kappa shape index (κ3) is 5.04. The number of allylic oxidation sites excluding steroid dienone is 1. The third-order valence-corrected chi connectivity index (χ3v) is 7.78. The van der Waals surface area contributed by atoms with Crippen LogP contribution in [-0.2, 0) is 9.53 Å². The molecule has 0 N–H and O–H groups in total. The van der Waals surface area contributed by atoms with Gasteiger partial charge in [-0.3, -0.25) is 9.36 Å². The summed E-state index contributed by atoms with van der Waals surface area (Å²) >= 11 is 3.41. The average Bonchev–Trinajstić information content (AvgIpc) is 3.21. The Morgan fingerprint density at radius 2 is 1.76 bits per heavy atom. The minimum Gasteiger partial charge on any atom is -0.493 e. The van der Waals surface area contributed by atoms with E-state index in [2.05, 4.69) is 27.6 Å². The van der Waals surface area contributed by atoms with Crippen molar-refractivity contribution in [2.45, 2.75) is 19.9 Å². The number of halogens is 1. The van der Waals surface area contributed by atoms with E-state index in [9.17, 15) is 9.59 Å². The molecule has 0 saturated heterocycles. The summed E-state index contributed by atoms with van der Waals surface area (Å²) in [6, 6.07) is 8.25. The highest BCUT2D eigenvalue weighted by atomic mass is 127. The van der Waals surface area contributed by atoms with Gasteiger partial charge in [0.05, 0.1) is 60.5 Å². The molecule has 3 aromatic rings. The number of hydrogen-bond donors (Lipinski definition) is 0. The van der Waals surface area contributed by atoms with Crippen LogP contribution in [0.3, 0.4) is 0 Å². The lowest BCUT2D eigenvalue weighted by atomic mass is 9.95. The van der Waals surface area contributed by atoms with Crippen molar-refractivity contribution >= 4 is 46.0 Å². The topological polar surface area (TPSA) is 97.6 Å². The highest BCUT2D eigenvalue weighted by molar-refractivity contribution is 14.1. The second kappa shape index (κ2) is 11.6. The van der Waals surface area contributed by atoms with Gasteiger partial charge in [-0.05, 0) is 77.9 Å². The Morgan fingerprint density at radius 1 is 1.05 bits per heavy atom. The molecular weight excluding hydrogens is 623 g/mol. The van der Waals surface area contributed by atoms with Gasteiger partial charge in [-0.1, -0.05) is 17.4 Å². The highest BCUT2D eigenvalue weighted by Crippen LogP contribution is 2.36. The Hall–Kier alpha value is -3.32. The van der Waals surface area contributed by atoms with Gasteiger partial charge in [0.25, 0.3) is 5.56 Å². The van der Waals surface area contributed by atoms with Crippen LogP contribution in [0, 0.1) is 3.57 Å². The molecule has 2 aromatic carbocycles. The molecule has 1 aromatic heterocycles. The standard InChI is InChI=1S/C27H27IN2O7S/c1-7-37-26(32)22-14(2)29-27-30(23(22)16-8-9-18(33-3)19(13-16)34-4)25(31)21(38-27)12-15-10-17(28)24(36-6)20(11-15)35-5/h8-13,23H,7H2,1-6H3. The molecule has 4 rings (SSSR count). The SMILES string of the molecule is CCOC(=O)C1=C(C)N=c2sc(=Cc3cc(I)c(OC)c(OC)c3)c(=O)n2C1c1ccc(OC)c(OC)c1. The number of benzene rings is 2. The monoisotopic (exact) mass is 650 g/mol. The summed E-state index contributed by atoms with van der Waals surface area (Å²) in [6.07, 6.45) is 1.78. The lowest BCUT2D eigenvalue weighted by Crippen LogP contribution is -2.40. The Balaban J connectivity index is 1.96. The first kappa shape index (κ1) is 27.7. The van der Waals surface area contributed by atoms with Crippen molar-refractivity contribution in [3.05, 3.63) is 76.0 Å². The molecule has 1 unspecified atom stereocenters. The molecule has 0 saturated carbocycles. The molecule has 1 aliphatic rings. The highest BCUT2D eigenvalue weighted by Gasteiger charge is 2.34. The second-order valence-corrected chi connectivity index (χ2v) is 10.3. The predicted octanol–water partition coefficient (Wildman–Crippen LogP) is 3.44. The van der Waals surface area contributed by atoms with Gasteiger partial charge in [0.15, 0.2) is 27.8 Å². The first-order valence-electron chi connectivity index (χ1n) is 11.6. The van der Waals surface area contributed by atoms with Crippen molar-refractivity contribution in [3.63, 3.8) is 0 Å². The maximum atomic E-state index is 13.9.